The maximum absolute atomic E-state index is 12.9. The van der Waals surface area contributed by atoms with Gasteiger partial charge in [-0.15, -0.1) is 11.8 Å². The molecule has 0 unspecified atom stereocenters. The maximum atomic E-state index is 12.9. The molecule has 8 nitrogen and oxygen atoms in total. The predicted octanol–water partition coefficient (Wildman–Crippen LogP) is 3.44. The quantitative estimate of drug-likeness (QED) is 0.412. The Morgan fingerprint density at radius 1 is 1.10 bits per heavy atom. The molecule has 0 saturated heterocycles. The van der Waals surface area contributed by atoms with E-state index < -0.39 is 0 Å². The second kappa shape index (κ2) is 11.2. The molecule has 0 aliphatic heterocycles. The molecule has 0 aliphatic carbocycles. The van der Waals surface area contributed by atoms with Crippen LogP contribution in [0.2, 0.25) is 0 Å². The summed E-state index contributed by atoms with van der Waals surface area (Å²) in [7, 11) is 3.22. The molecule has 31 heavy (non-hydrogen) atoms. The fraction of sp³-hybridized carbons (Fsp3) is 0.227. The second-order valence-electron chi connectivity index (χ2n) is 6.36. The number of hydrogen-bond acceptors (Lipinski definition) is 8. The molecular weight excluding hydrogens is 416 g/mol. The summed E-state index contributed by atoms with van der Waals surface area (Å²) in [6.45, 7) is 0.371. The fourth-order valence-electron chi connectivity index (χ4n) is 2.78. The van der Waals surface area contributed by atoms with Gasteiger partial charge in [-0.05, 0) is 24.3 Å². The second-order valence-corrected chi connectivity index (χ2v) is 7.32. The molecule has 162 valence electrons. The van der Waals surface area contributed by atoms with Crippen molar-refractivity contribution in [3.8, 4) is 11.5 Å². The third kappa shape index (κ3) is 6.09. The van der Waals surface area contributed by atoms with Gasteiger partial charge in [0.15, 0.2) is 0 Å². The van der Waals surface area contributed by atoms with Gasteiger partial charge in [-0.3, -0.25) is 4.79 Å². The van der Waals surface area contributed by atoms with E-state index in [1.807, 2.05) is 18.2 Å². The van der Waals surface area contributed by atoms with Crippen molar-refractivity contribution in [2.24, 2.45) is 0 Å². The van der Waals surface area contributed by atoms with E-state index in [0.29, 0.717) is 45.9 Å². The van der Waals surface area contributed by atoms with Gasteiger partial charge in [-0.1, -0.05) is 6.07 Å². The third-order valence-electron chi connectivity index (χ3n) is 4.31. The summed E-state index contributed by atoms with van der Waals surface area (Å²) < 4.78 is 10.7. The van der Waals surface area contributed by atoms with Gasteiger partial charge in [-0.2, -0.15) is 0 Å². The lowest BCUT2D eigenvalue weighted by molar-refractivity contribution is 0.102. The molecule has 1 aromatic carbocycles. The van der Waals surface area contributed by atoms with E-state index in [9.17, 15) is 4.79 Å². The van der Waals surface area contributed by atoms with Crippen LogP contribution < -0.4 is 20.1 Å². The molecule has 2 heterocycles. The SMILES string of the molecule is COc1ccc(CSc2ncccc2C(=O)Nc2ccnc(NCCO)c2)c(OC)c1. The molecule has 9 heteroatoms. The van der Waals surface area contributed by atoms with Crippen LogP contribution in [-0.2, 0) is 5.75 Å². The van der Waals surface area contributed by atoms with E-state index in [1.54, 1.807) is 50.9 Å². The number of amides is 1. The van der Waals surface area contributed by atoms with Crippen LogP contribution in [0, 0.1) is 0 Å². The van der Waals surface area contributed by atoms with Gasteiger partial charge in [0.2, 0.25) is 0 Å². The van der Waals surface area contributed by atoms with Crippen molar-refractivity contribution < 1.29 is 19.4 Å². The minimum absolute atomic E-state index is 0.00643. The molecule has 0 aliphatic rings. The van der Waals surface area contributed by atoms with Gasteiger partial charge >= 0.3 is 0 Å². The number of nitrogens with zero attached hydrogens (tertiary/aromatic N) is 2. The normalized spacial score (nSPS) is 10.4. The highest BCUT2D eigenvalue weighted by Gasteiger charge is 2.15. The minimum Gasteiger partial charge on any atom is -0.497 e. The monoisotopic (exact) mass is 440 g/mol. The van der Waals surface area contributed by atoms with E-state index in [0.717, 1.165) is 5.56 Å². The number of aliphatic hydroxyl groups excluding tert-OH is 1. The van der Waals surface area contributed by atoms with E-state index >= 15 is 0 Å². The molecule has 3 aromatic rings. The van der Waals surface area contributed by atoms with Crippen molar-refractivity contribution >= 4 is 29.2 Å². The lowest BCUT2D eigenvalue weighted by Crippen LogP contribution is -2.14. The van der Waals surface area contributed by atoms with Crippen molar-refractivity contribution in [1.29, 1.82) is 0 Å². The highest BCUT2D eigenvalue weighted by atomic mass is 32.2. The van der Waals surface area contributed by atoms with E-state index in [2.05, 4.69) is 20.6 Å². The van der Waals surface area contributed by atoms with Crippen LogP contribution in [0.3, 0.4) is 0 Å². The fourth-order valence-corrected chi connectivity index (χ4v) is 3.77. The minimum atomic E-state index is -0.267. The summed E-state index contributed by atoms with van der Waals surface area (Å²) in [6.07, 6.45) is 3.25. The number of rotatable bonds is 10. The van der Waals surface area contributed by atoms with E-state index in [4.69, 9.17) is 14.6 Å². The molecule has 3 N–H and O–H groups in total. The van der Waals surface area contributed by atoms with Gasteiger partial charge in [-0.25, -0.2) is 9.97 Å². The number of methoxy groups -OCH3 is 2. The Labute approximate surface area is 185 Å². The average molecular weight is 441 g/mol. The average Bonchev–Trinajstić information content (AvgIpc) is 2.81. The van der Waals surface area contributed by atoms with Gasteiger partial charge in [0.1, 0.15) is 22.3 Å². The van der Waals surface area contributed by atoms with Crippen LogP contribution in [-0.4, -0.2) is 48.4 Å². The number of thioether (sulfide) groups is 1. The topological polar surface area (TPSA) is 106 Å². The number of benzene rings is 1. The van der Waals surface area contributed by atoms with Crippen LogP contribution in [0.5, 0.6) is 11.5 Å². The summed E-state index contributed by atoms with van der Waals surface area (Å²) >= 11 is 1.45. The maximum Gasteiger partial charge on any atom is 0.258 e. The molecule has 0 radical (unpaired) electrons. The number of aromatic nitrogens is 2. The zero-order valence-electron chi connectivity index (χ0n) is 17.3. The predicted molar refractivity (Wildman–Crippen MR) is 121 cm³/mol. The van der Waals surface area contributed by atoms with Gasteiger partial charge in [0, 0.05) is 48.1 Å². The number of ether oxygens (including phenoxy) is 2. The number of carbonyl (C=O) groups is 1. The molecule has 3 rings (SSSR count). The van der Waals surface area contributed by atoms with Crippen molar-refractivity contribution in [2.75, 3.05) is 38.0 Å². The van der Waals surface area contributed by atoms with Gasteiger partial charge < -0.3 is 25.2 Å². The van der Waals surface area contributed by atoms with E-state index in [-0.39, 0.29) is 12.5 Å². The molecule has 0 fully saturated rings. The summed E-state index contributed by atoms with van der Waals surface area (Å²) in [6, 6.07) is 12.5. The summed E-state index contributed by atoms with van der Waals surface area (Å²) in [5.41, 5.74) is 2.04. The van der Waals surface area contributed by atoms with Crippen LogP contribution in [0.15, 0.2) is 59.9 Å². The Morgan fingerprint density at radius 2 is 1.97 bits per heavy atom. The Balaban J connectivity index is 1.72. The molecule has 0 bridgehead atoms. The molecule has 0 spiro atoms. The lowest BCUT2D eigenvalue weighted by atomic mass is 10.2. The molecule has 1 amide bonds. The number of pyridine rings is 2. The molecule has 0 atom stereocenters. The summed E-state index contributed by atoms with van der Waals surface area (Å²) in [5, 5.41) is 15.4. The standard InChI is InChI=1S/C22H24N4O4S/c1-29-17-6-5-15(19(13-17)30-2)14-31-22-18(4-3-8-25-22)21(28)26-16-7-9-23-20(12-16)24-10-11-27/h3-9,12-13,27H,10-11,14H2,1-2H3,(H2,23,24,26,28). The number of carbonyl (C=O) groups excluding carboxylic acids is 1. The number of anilines is 2. The largest absolute Gasteiger partial charge is 0.497 e. The van der Waals surface area contributed by atoms with Crippen molar-refractivity contribution in [2.45, 2.75) is 10.8 Å². The van der Waals surface area contributed by atoms with Crippen molar-refractivity contribution in [3.05, 3.63) is 66.0 Å². The zero-order valence-corrected chi connectivity index (χ0v) is 18.1. The first-order valence-corrected chi connectivity index (χ1v) is 10.5. The number of hydrogen-bond donors (Lipinski definition) is 3. The third-order valence-corrected chi connectivity index (χ3v) is 5.36. The zero-order chi connectivity index (χ0) is 22.1. The first-order valence-electron chi connectivity index (χ1n) is 9.55. The van der Waals surface area contributed by atoms with Gasteiger partial charge in [0.05, 0.1) is 26.4 Å². The van der Waals surface area contributed by atoms with Gasteiger partial charge in [0.25, 0.3) is 5.91 Å². The highest BCUT2D eigenvalue weighted by molar-refractivity contribution is 7.98. The molecular formula is C22H24N4O4S. The smallest absolute Gasteiger partial charge is 0.258 e. The summed E-state index contributed by atoms with van der Waals surface area (Å²) in [4.78, 5) is 21.4. The highest BCUT2D eigenvalue weighted by Crippen LogP contribution is 2.31. The molecule has 2 aromatic heterocycles. The molecule has 0 saturated carbocycles. The van der Waals surface area contributed by atoms with Crippen LogP contribution in [0.1, 0.15) is 15.9 Å². The first kappa shape index (κ1) is 22.4. The van der Waals surface area contributed by atoms with Crippen LogP contribution >= 0.6 is 11.8 Å². The summed E-state index contributed by atoms with van der Waals surface area (Å²) in [5.74, 6) is 2.31. The Kier molecular flexibility index (Phi) is 8.08. The Bertz CT molecular complexity index is 1030. The van der Waals surface area contributed by atoms with Crippen molar-refractivity contribution in [3.63, 3.8) is 0 Å². The van der Waals surface area contributed by atoms with Crippen LogP contribution in [0.4, 0.5) is 11.5 Å². The lowest BCUT2D eigenvalue weighted by Gasteiger charge is -2.12. The van der Waals surface area contributed by atoms with Crippen molar-refractivity contribution in [1.82, 2.24) is 9.97 Å². The Hall–Kier alpha value is -3.30. The Morgan fingerprint density at radius 3 is 2.74 bits per heavy atom. The van der Waals surface area contributed by atoms with Crippen LogP contribution in [0.25, 0.3) is 0 Å². The number of nitrogens with one attached hydrogen (secondary N) is 2. The van der Waals surface area contributed by atoms with E-state index in [1.165, 1.54) is 11.8 Å². The first-order chi connectivity index (χ1) is 15.1. The number of aliphatic hydroxyl groups is 1.